The molecule has 7 heteroatoms. The van der Waals surface area contributed by atoms with Crippen molar-refractivity contribution in [1.29, 1.82) is 0 Å². The molecule has 0 spiro atoms. The molecule has 0 aliphatic rings. The largest absolute Gasteiger partial charge is 0.492 e. The van der Waals surface area contributed by atoms with Crippen molar-refractivity contribution in [3.05, 3.63) is 41.1 Å². The van der Waals surface area contributed by atoms with Crippen LogP contribution in [0.3, 0.4) is 0 Å². The van der Waals surface area contributed by atoms with Gasteiger partial charge in [-0.3, -0.25) is 0 Å². The lowest BCUT2D eigenvalue weighted by Gasteiger charge is -2.12. The number of hydrogen-bond donors (Lipinski definition) is 2. The number of halogens is 2. The maximum Gasteiger partial charge on any atom is 0.358 e. The van der Waals surface area contributed by atoms with Crippen LogP contribution in [0.25, 0.3) is 11.3 Å². The fourth-order valence-corrected chi connectivity index (χ4v) is 1.91. The summed E-state index contributed by atoms with van der Waals surface area (Å²) in [5.41, 5.74) is 4.41. The minimum absolute atomic E-state index is 0.171. The van der Waals surface area contributed by atoms with Crippen LogP contribution in [0.1, 0.15) is 16.1 Å². The number of aromatic nitrogens is 1. The molecule has 2 aromatic rings. The second kappa shape index (κ2) is 5.35. The second-order valence-electron chi connectivity index (χ2n) is 4.36. The highest BCUT2D eigenvalue weighted by Crippen LogP contribution is 2.34. The standard InChI is InChI=1S/C14H12F2N2O3/c1-6-3-4-7(8(15)5-6)11-9(16)10(17)13(21-2)12(18-11)14(19)20/h3-5H,1-2H3,(H2,17,18)(H,19,20). The van der Waals surface area contributed by atoms with Gasteiger partial charge in [0, 0.05) is 5.56 Å². The molecular weight excluding hydrogens is 282 g/mol. The van der Waals surface area contributed by atoms with Gasteiger partial charge in [-0.2, -0.15) is 0 Å². The molecule has 1 aromatic carbocycles. The van der Waals surface area contributed by atoms with Crippen molar-refractivity contribution in [3.8, 4) is 17.0 Å². The van der Waals surface area contributed by atoms with Gasteiger partial charge in [0.15, 0.2) is 17.3 Å². The Morgan fingerprint density at radius 2 is 2.05 bits per heavy atom. The van der Waals surface area contributed by atoms with E-state index < -0.39 is 40.4 Å². The number of nitrogens with two attached hydrogens (primary N) is 1. The van der Waals surface area contributed by atoms with Gasteiger partial charge in [-0.05, 0) is 24.6 Å². The first-order chi connectivity index (χ1) is 9.86. The minimum atomic E-state index is -1.45. The van der Waals surface area contributed by atoms with Gasteiger partial charge in [-0.15, -0.1) is 0 Å². The lowest BCUT2D eigenvalue weighted by atomic mass is 10.1. The zero-order valence-corrected chi connectivity index (χ0v) is 11.3. The molecule has 0 amide bonds. The molecule has 0 saturated carbocycles. The topological polar surface area (TPSA) is 85.4 Å². The fourth-order valence-electron chi connectivity index (χ4n) is 1.91. The number of pyridine rings is 1. The quantitative estimate of drug-likeness (QED) is 0.909. The maximum absolute atomic E-state index is 14.2. The van der Waals surface area contributed by atoms with Crippen molar-refractivity contribution in [2.75, 3.05) is 12.8 Å². The molecule has 3 N–H and O–H groups in total. The molecule has 5 nitrogen and oxygen atoms in total. The third kappa shape index (κ3) is 2.49. The van der Waals surface area contributed by atoms with E-state index in [4.69, 9.17) is 15.6 Å². The number of methoxy groups -OCH3 is 1. The van der Waals surface area contributed by atoms with Gasteiger partial charge in [-0.25, -0.2) is 18.6 Å². The van der Waals surface area contributed by atoms with Crippen molar-refractivity contribution < 1.29 is 23.4 Å². The number of anilines is 1. The van der Waals surface area contributed by atoms with Gasteiger partial charge in [0.05, 0.1) is 7.11 Å². The van der Waals surface area contributed by atoms with E-state index in [0.717, 1.165) is 7.11 Å². The van der Waals surface area contributed by atoms with E-state index in [1.807, 2.05) is 0 Å². The first kappa shape index (κ1) is 14.7. The van der Waals surface area contributed by atoms with Crippen LogP contribution in [0.4, 0.5) is 14.5 Å². The van der Waals surface area contributed by atoms with Crippen LogP contribution in [0, 0.1) is 18.6 Å². The number of nitrogens with zero attached hydrogens (tertiary/aromatic N) is 1. The van der Waals surface area contributed by atoms with Crippen LogP contribution in [-0.2, 0) is 0 Å². The van der Waals surface area contributed by atoms with Gasteiger partial charge in [0.2, 0.25) is 0 Å². The number of aryl methyl sites for hydroxylation is 1. The average molecular weight is 294 g/mol. The molecule has 0 saturated heterocycles. The molecule has 0 radical (unpaired) electrons. The Labute approximate surface area is 119 Å². The summed E-state index contributed by atoms with van der Waals surface area (Å²) in [4.78, 5) is 14.8. The van der Waals surface area contributed by atoms with E-state index >= 15 is 0 Å². The predicted molar refractivity (Wildman–Crippen MR) is 72.2 cm³/mol. The van der Waals surface area contributed by atoms with Gasteiger partial charge in [0.1, 0.15) is 17.2 Å². The lowest BCUT2D eigenvalue weighted by Crippen LogP contribution is -2.10. The molecule has 2 rings (SSSR count). The van der Waals surface area contributed by atoms with E-state index in [1.54, 1.807) is 13.0 Å². The maximum atomic E-state index is 14.2. The Morgan fingerprint density at radius 3 is 2.57 bits per heavy atom. The lowest BCUT2D eigenvalue weighted by molar-refractivity contribution is 0.0686. The number of aromatic carboxylic acids is 1. The Bertz CT molecular complexity index is 733. The van der Waals surface area contributed by atoms with Crippen LogP contribution in [0.5, 0.6) is 5.75 Å². The van der Waals surface area contributed by atoms with E-state index in [0.29, 0.717) is 5.56 Å². The normalized spacial score (nSPS) is 10.5. The van der Waals surface area contributed by atoms with E-state index in [9.17, 15) is 13.6 Å². The second-order valence-corrected chi connectivity index (χ2v) is 4.36. The van der Waals surface area contributed by atoms with Crippen LogP contribution in [0.2, 0.25) is 0 Å². The smallest absolute Gasteiger partial charge is 0.358 e. The van der Waals surface area contributed by atoms with Gasteiger partial charge in [0.25, 0.3) is 0 Å². The molecule has 0 aliphatic carbocycles. The molecule has 110 valence electrons. The summed E-state index contributed by atoms with van der Waals surface area (Å²) >= 11 is 0. The van der Waals surface area contributed by atoms with E-state index in [-0.39, 0.29) is 5.56 Å². The Morgan fingerprint density at radius 1 is 1.38 bits per heavy atom. The Hall–Kier alpha value is -2.70. The zero-order chi connectivity index (χ0) is 15.7. The highest BCUT2D eigenvalue weighted by Gasteiger charge is 2.25. The SMILES string of the molecule is COc1c(C(=O)O)nc(-c2ccc(C)cc2F)c(F)c1N. The summed E-state index contributed by atoms with van der Waals surface area (Å²) in [6.45, 7) is 1.67. The number of nitrogen functional groups attached to an aromatic ring is 1. The summed E-state index contributed by atoms with van der Waals surface area (Å²) in [5, 5.41) is 9.08. The van der Waals surface area contributed by atoms with Gasteiger partial charge in [-0.1, -0.05) is 6.07 Å². The Balaban J connectivity index is 2.78. The number of carbonyl (C=O) groups is 1. The molecule has 0 unspecified atom stereocenters. The summed E-state index contributed by atoms with van der Waals surface area (Å²) in [7, 11) is 1.14. The fraction of sp³-hybridized carbons (Fsp3) is 0.143. The number of benzene rings is 1. The van der Waals surface area contributed by atoms with Crippen LogP contribution in [0.15, 0.2) is 18.2 Å². The van der Waals surface area contributed by atoms with Crippen LogP contribution in [-0.4, -0.2) is 23.2 Å². The van der Waals surface area contributed by atoms with Crippen LogP contribution >= 0.6 is 0 Å². The van der Waals surface area contributed by atoms with Crippen LogP contribution < -0.4 is 10.5 Å². The van der Waals surface area contributed by atoms with E-state index in [2.05, 4.69) is 4.98 Å². The third-order valence-corrected chi connectivity index (χ3v) is 2.91. The summed E-state index contributed by atoms with van der Waals surface area (Å²) in [6, 6.07) is 4.06. The molecule has 0 aliphatic heterocycles. The molecule has 1 heterocycles. The molecule has 1 aromatic heterocycles. The number of carboxylic acid groups (broad SMARTS) is 1. The number of ether oxygens (including phenoxy) is 1. The first-order valence-corrected chi connectivity index (χ1v) is 5.89. The highest BCUT2D eigenvalue weighted by atomic mass is 19.1. The number of rotatable bonds is 3. The molecular formula is C14H12F2N2O3. The van der Waals surface area contributed by atoms with Gasteiger partial charge < -0.3 is 15.6 Å². The molecule has 0 bridgehead atoms. The summed E-state index contributed by atoms with van der Waals surface area (Å²) in [5.74, 6) is -3.59. The Kier molecular flexibility index (Phi) is 3.75. The molecule has 0 fully saturated rings. The third-order valence-electron chi connectivity index (χ3n) is 2.91. The van der Waals surface area contributed by atoms with E-state index in [1.165, 1.54) is 12.1 Å². The van der Waals surface area contributed by atoms with Crippen molar-refractivity contribution in [3.63, 3.8) is 0 Å². The monoisotopic (exact) mass is 294 g/mol. The molecule has 21 heavy (non-hydrogen) atoms. The molecule has 0 atom stereocenters. The summed E-state index contributed by atoms with van der Waals surface area (Å²) in [6.07, 6.45) is 0. The number of hydrogen-bond acceptors (Lipinski definition) is 4. The first-order valence-electron chi connectivity index (χ1n) is 5.89. The minimum Gasteiger partial charge on any atom is -0.492 e. The van der Waals surface area contributed by atoms with Gasteiger partial charge >= 0.3 is 5.97 Å². The average Bonchev–Trinajstić information content (AvgIpc) is 2.42. The predicted octanol–water partition coefficient (Wildman–Crippen LogP) is 2.62. The van der Waals surface area contributed by atoms with Crippen molar-refractivity contribution >= 4 is 11.7 Å². The van der Waals surface area contributed by atoms with Crippen molar-refractivity contribution in [1.82, 2.24) is 4.98 Å². The zero-order valence-electron chi connectivity index (χ0n) is 11.3. The number of carboxylic acids is 1. The van der Waals surface area contributed by atoms with Crippen molar-refractivity contribution in [2.45, 2.75) is 6.92 Å². The highest BCUT2D eigenvalue weighted by molar-refractivity contribution is 5.92. The van der Waals surface area contributed by atoms with Crippen molar-refractivity contribution in [2.24, 2.45) is 0 Å². The summed E-state index contributed by atoms with van der Waals surface area (Å²) < 4.78 is 32.9.